The second-order valence-electron chi connectivity index (χ2n) is 8.42. The van der Waals surface area contributed by atoms with Crippen LogP contribution in [0.15, 0.2) is 12.4 Å². The first-order valence-electron chi connectivity index (χ1n) is 9.97. The summed E-state index contributed by atoms with van der Waals surface area (Å²) >= 11 is 6.25. The van der Waals surface area contributed by atoms with E-state index in [1.165, 1.54) is 0 Å². The standard InChI is InChI=1S/C20H26ClN5O3/c1-20(2,3)29-19(27)25-8-4-14(5-9-25)26-12-22-16-15(13-6-10-28-11-7-13)23-18(21)24-17(16)26/h6,12,14H,4-5,7-11H2,1-3H3. The maximum atomic E-state index is 12.3. The molecule has 1 saturated heterocycles. The summed E-state index contributed by atoms with van der Waals surface area (Å²) in [5.41, 5.74) is 2.89. The SMILES string of the molecule is CC(C)(C)OC(=O)N1CCC(n2cnc3c(C4=CCOCC4)nc(Cl)nc32)CC1. The molecule has 2 aromatic rings. The van der Waals surface area contributed by atoms with Crippen molar-refractivity contribution in [3.05, 3.63) is 23.4 Å². The van der Waals surface area contributed by atoms with Gasteiger partial charge in [0.1, 0.15) is 11.1 Å². The second kappa shape index (κ2) is 7.91. The zero-order chi connectivity index (χ0) is 20.6. The number of amides is 1. The van der Waals surface area contributed by atoms with Gasteiger partial charge in [-0.2, -0.15) is 4.98 Å². The van der Waals surface area contributed by atoms with Crippen LogP contribution < -0.4 is 0 Å². The topological polar surface area (TPSA) is 82.4 Å². The lowest BCUT2D eigenvalue weighted by Crippen LogP contribution is -2.42. The van der Waals surface area contributed by atoms with Crippen molar-refractivity contribution in [1.29, 1.82) is 0 Å². The first kappa shape index (κ1) is 20.1. The fourth-order valence-corrected chi connectivity index (χ4v) is 3.94. The number of aromatic nitrogens is 4. The van der Waals surface area contributed by atoms with Crippen molar-refractivity contribution in [2.75, 3.05) is 26.3 Å². The largest absolute Gasteiger partial charge is 0.444 e. The van der Waals surface area contributed by atoms with Crippen LogP contribution in [-0.4, -0.2) is 62.4 Å². The predicted octanol–water partition coefficient (Wildman–Crippen LogP) is 3.86. The molecular formula is C20H26ClN5O3. The van der Waals surface area contributed by atoms with Gasteiger partial charge in [-0.3, -0.25) is 0 Å². The van der Waals surface area contributed by atoms with Gasteiger partial charge < -0.3 is 18.9 Å². The fraction of sp³-hybridized carbons (Fsp3) is 0.600. The Morgan fingerprint density at radius 1 is 1.28 bits per heavy atom. The van der Waals surface area contributed by atoms with Gasteiger partial charge in [0.25, 0.3) is 0 Å². The summed E-state index contributed by atoms with van der Waals surface area (Å²) in [6.07, 6.45) is 5.97. The molecule has 1 amide bonds. The number of carbonyl (C=O) groups excluding carboxylic acids is 1. The van der Waals surface area contributed by atoms with Gasteiger partial charge in [0.2, 0.25) is 5.28 Å². The molecule has 1 fully saturated rings. The monoisotopic (exact) mass is 419 g/mol. The highest BCUT2D eigenvalue weighted by Gasteiger charge is 2.29. The van der Waals surface area contributed by atoms with Crippen molar-refractivity contribution in [3.8, 4) is 0 Å². The number of halogens is 1. The maximum Gasteiger partial charge on any atom is 0.410 e. The number of nitrogens with zero attached hydrogens (tertiary/aromatic N) is 5. The molecule has 29 heavy (non-hydrogen) atoms. The summed E-state index contributed by atoms with van der Waals surface area (Å²) in [7, 11) is 0. The van der Waals surface area contributed by atoms with Crippen molar-refractivity contribution in [2.24, 2.45) is 0 Å². The average Bonchev–Trinajstić information content (AvgIpc) is 3.10. The molecule has 0 spiro atoms. The quantitative estimate of drug-likeness (QED) is 0.687. The second-order valence-corrected chi connectivity index (χ2v) is 8.76. The molecule has 0 radical (unpaired) electrons. The predicted molar refractivity (Wildman–Crippen MR) is 110 cm³/mol. The summed E-state index contributed by atoms with van der Waals surface area (Å²) in [4.78, 5) is 27.6. The van der Waals surface area contributed by atoms with E-state index in [0.717, 1.165) is 41.7 Å². The summed E-state index contributed by atoms with van der Waals surface area (Å²) < 4.78 is 13.0. The fourth-order valence-electron chi connectivity index (χ4n) is 3.78. The molecule has 0 N–H and O–H groups in total. The van der Waals surface area contributed by atoms with E-state index in [-0.39, 0.29) is 17.4 Å². The highest BCUT2D eigenvalue weighted by Crippen LogP contribution is 2.31. The molecule has 0 bridgehead atoms. The Balaban J connectivity index is 1.54. The van der Waals surface area contributed by atoms with Crippen LogP contribution in [0.5, 0.6) is 0 Å². The molecule has 8 nitrogen and oxygen atoms in total. The Kier molecular flexibility index (Phi) is 5.48. The third-order valence-electron chi connectivity index (χ3n) is 5.17. The van der Waals surface area contributed by atoms with E-state index in [9.17, 15) is 4.79 Å². The number of imidazole rings is 1. The molecule has 9 heteroatoms. The molecule has 0 unspecified atom stereocenters. The minimum absolute atomic E-state index is 0.196. The number of hydrogen-bond acceptors (Lipinski definition) is 6. The highest BCUT2D eigenvalue weighted by molar-refractivity contribution is 6.28. The highest BCUT2D eigenvalue weighted by atomic mass is 35.5. The van der Waals surface area contributed by atoms with E-state index < -0.39 is 5.60 Å². The number of fused-ring (bicyclic) bond motifs is 1. The van der Waals surface area contributed by atoms with Crippen molar-refractivity contribution >= 4 is 34.4 Å². The lowest BCUT2D eigenvalue weighted by Gasteiger charge is -2.33. The van der Waals surface area contributed by atoms with E-state index in [0.29, 0.717) is 26.3 Å². The molecule has 0 aromatic carbocycles. The first-order valence-corrected chi connectivity index (χ1v) is 10.3. The number of piperidine rings is 1. The van der Waals surface area contributed by atoms with Crippen LogP contribution in [0.1, 0.15) is 51.8 Å². The van der Waals surface area contributed by atoms with E-state index in [4.69, 9.17) is 21.1 Å². The van der Waals surface area contributed by atoms with Crippen molar-refractivity contribution in [2.45, 2.75) is 51.7 Å². The van der Waals surface area contributed by atoms with Crippen molar-refractivity contribution in [1.82, 2.24) is 24.4 Å². The Bertz CT molecular complexity index is 941. The first-order chi connectivity index (χ1) is 13.8. The summed E-state index contributed by atoms with van der Waals surface area (Å²) in [6.45, 7) is 8.14. The van der Waals surface area contributed by atoms with Gasteiger partial charge in [-0.15, -0.1) is 0 Å². The normalized spacial score (nSPS) is 18.8. The van der Waals surface area contributed by atoms with E-state index >= 15 is 0 Å². The number of carbonyl (C=O) groups is 1. The summed E-state index contributed by atoms with van der Waals surface area (Å²) in [5, 5.41) is 0.216. The number of ether oxygens (including phenoxy) is 2. The third-order valence-corrected chi connectivity index (χ3v) is 5.34. The van der Waals surface area contributed by atoms with Crippen molar-refractivity contribution in [3.63, 3.8) is 0 Å². The molecular weight excluding hydrogens is 394 g/mol. The molecule has 2 aromatic heterocycles. The summed E-state index contributed by atoms with van der Waals surface area (Å²) in [5.74, 6) is 0. The average molecular weight is 420 g/mol. The Morgan fingerprint density at radius 3 is 2.69 bits per heavy atom. The van der Waals surface area contributed by atoms with Crippen LogP contribution in [0.25, 0.3) is 16.7 Å². The minimum atomic E-state index is -0.489. The minimum Gasteiger partial charge on any atom is -0.444 e. The molecule has 2 aliphatic rings. The van der Waals surface area contributed by atoms with Gasteiger partial charge in [0, 0.05) is 19.1 Å². The zero-order valence-electron chi connectivity index (χ0n) is 17.0. The van der Waals surface area contributed by atoms with Crippen molar-refractivity contribution < 1.29 is 14.3 Å². The Morgan fingerprint density at radius 2 is 2.03 bits per heavy atom. The molecule has 4 heterocycles. The van der Waals surface area contributed by atoms with Gasteiger partial charge in [-0.05, 0) is 57.2 Å². The number of likely N-dealkylation sites (tertiary alicyclic amines) is 1. The van der Waals surface area contributed by atoms with Crippen LogP contribution in [0.2, 0.25) is 5.28 Å². The van der Waals surface area contributed by atoms with Gasteiger partial charge >= 0.3 is 6.09 Å². The van der Waals surface area contributed by atoms with Gasteiger partial charge in [-0.25, -0.2) is 14.8 Å². The Hall–Kier alpha value is -2.19. The van der Waals surface area contributed by atoms with Crippen LogP contribution in [-0.2, 0) is 9.47 Å². The van der Waals surface area contributed by atoms with E-state index in [1.807, 2.05) is 33.2 Å². The van der Waals surface area contributed by atoms with Gasteiger partial charge in [0.15, 0.2) is 5.65 Å². The number of hydrogen-bond donors (Lipinski definition) is 0. The van der Waals surface area contributed by atoms with E-state index in [2.05, 4.69) is 19.5 Å². The lowest BCUT2D eigenvalue weighted by molar-refractivity contribution is 0.0189. The molecule has 0 saturated carbocycles. The zero-order valence-corrected chi connectivity index (χ0v) is 17.8. The molecule has 2 aliphatic heterocycles. The van der Waals surface area contributed by atoms with Gasteiger partial charge in [0.05, 0.1) is 25.2 Å². The third kappa shape index (κ3) is 4.38. The van der Waals surface area contributed by atoms with Crippen LogP contribution in [0.3, 0.4) is 0 Å². The smallest absolute Gasteiger partial charge is 0.410 e. The Labute approximate surface area is 174 Å². The van der Waals surface area contributed by atoms with Crippen LogP contribution >= 0.6 is 11.6 Å². The van der Waals surface area contributed by atoms with Crippen LogP contribution in [0.4, 0.5) is 4.79 Å². The van der Waals surface area contributed by atoms with Crippen LogP contribution in [0, 0.1) is 0 Å². The van der Waals surface area contributed by atoms with Gasteiger partial charge in [-0.1, -0.05) is 6.08 Å². The molecule has 156 valence electrons. The molecule has 0 atom stereocenters. The van der Waals surface area contributed by atoms with E-state index in [1.54, 1.807) is 4.90 Å². The lowest BCUT2D eigenvalue weighted by atomic mass is 10.0. The molecule has 4 rings (SSSR count). The maximum absolute atomic E-state index is 12.3. The molecule has 0 aliphatic carbocycles. The number of rotatable bonds is 2. The summed E-state index contributed by atoms with van der Waals surface area (Å²) in [6, 6.07) is 0.196.